The van der Waals surface area contributed by atoms with E-state index < -0.39 is 11.6 Å². The van der Waals surface area contributed by atoms with E-state index in [1.165, 1.54) is 0 Å². The van der Waals surface area contributed by atoms with Crippen molar-refractivity contribution in [3.8, 4) is 0 Å². The molecular formula is C15H21O2PS. The van der Waals surface area contributed by atoms with Crippen LogP contribution in [0.1, 0.15) is 31.7 Å². The summed E-state index contributed by atoms with van der Waals surface area (Å²) in [4.78, 5) is 11.8. The van der Waals surface area contributed by atoms with Crippen molar-refractivity contribution in [1.29, 1.82) is 0 Å². The van der Waals surface area contributed by atoms with Crippen LogP contribution in [-0.2, 0) is 26.9 Å². The topological polar surface area (TPSA) is 26.3 Å². The van der Waals surface area contributed by atoms with Crippen molar-refractivity contribution in [1.82, 2.24) is 0 Å². The molecule has 2 rings (SSSR count). The summed E-state index contributed by atoms with van der Waals surface area (Å²) in [7, 11) is 0. The molecule has 4 heteroatoms. The zero-order valence-corrected chi connectivity index (χ0v) is 13.3. The largest absolute Gasteiger partial charge is 0.454 e. The van der Waals surface area contributed by atoms with E-state index in [1.54, 1.807) is 0 Å². The molecule has 1 aliphatic rings. The Balaban J connectivity index is 2.29. The van der Waals surface area contributed by atoms with Gasteiger partial charge >= 0.3 is 5.97 Å². The van der Waals surface area contributed by atoms with Gasteiger partial charge in [0, 0.05) is 6.42 Å². The first-order valence-electron chi connectivity index (χ1n) is 6.80. The summed E-state index contributed by atoms with van der Waals surface area (Å²) in [6, 6.07) is 8.94. The fourth-order valence-corrected chi connectivity index (χ4v) is 4.99. The van der Waals surface area contributed by atoms with E-state index in [0.717, 1.165) is 30.7 Å². The van der Waals surface area contributed by atoms with Crippen LogP contribution in [0.2, 0.25) is 0 Å². The maximum Gasteiger partial charge on any atom is 0.306 e. The van der Waals surface area contributed by atoms with Crippen molar-refractivity contribution in [2.75, 3.05) is 19.0 Å². The number of hydrogen-bond donors (Lipinski definition) is 0. The van der Waals surface area contributed by atoms with E-state index in [9.17, 15) is 4.79 Å². The molecule has 1 aromatic rings. The molecule has 19 heavy (non-hydrogen) atoms. The number of rotatable bonds is 3. The zero-order valence-electron chi connectivity index (χ0n) is 11.6. The van der Waals surface area contributed by atoms with Gasteiger partial charge in [0.1, 0.15) is 5.60 Å². The zero-order chi connectivity index (χ0) is 13.9. The Bertz CT molecular complexity index is 486. The molecule has 0 saturated carbocycles. The number of carbonyl (C=O) groups is 1. The molecule has 0 N–H and O–H groups in total. The highest BCUT2D eigenvalue weighted by atomic mass is 32.4. The molecule has 0 spiro atoms. The summed E-state index contributed by atoms with van der Waals surface area (Å²) in [5.41, 5.74) is 0.679. The minimum atomic E-state index is -1.20. The summed E-state index contributed by atoms with van der Waals surface area (Å²) in [6.07, 6.45) is 4.21. The van der Waals surface area contributed by atoms with Crippen molar-refractivity contribution >= 4 is 23.8 Å². The highest BCUT2D eigenvalue weighted by Gasteiger charge is 2.40. The van der Waals surface area contributed by atoms with Crippen LogP contribution in [0.25, 0.3) is 0 Å². The van der Waals surface area contributed by atoms with Crippen LogP contribution in [0.15, 0.2) is 30.3 Å². The first kappa shape index (κ1) is 14.7. The van der Waals surface area contributed by atoms with Crippen LogP contribution in [0.5, 0.6) is 0 Å². The lowest BCUT2D eigenvalue weighted by Crippen LogP contribution is -2.37. The van der Waals surface area contributed by atoms with Gasteiger partial charge in [-0.3, -0.25) is 4.79 Å². The summed E-state index contributed by atoms with van der Waals surface area (Å²) < 4.78 is 5.84. The number of hydrogen-bond acceptors (Lipinski definition) is 3. The van der Waals surface area contributed by atoms with E-state index in [1.807, 2.05) is 25.1 Å². The molecule has 0 aliphatic carbocycles. The van der Waals surface area contributed by atoms with Crippen LogP contribution in [0, 0.1) is 0 Å². The van der Waals surface area contributed by atoms with E-state index in [2.05, 4.69) is 18.8 Å². The molecule has 0 atom stereocenters. The normalized spacial score (nSPS) is 30.8. The maximum atomic E-state index is 11.8. The standard InChI is InChI=1S/C15H21O2PS/c1-3-14(16)17-15(13-7-5-4-6-8-13)9-11-18(2,19)12-10-15/h4-8H,3,9-12H2,1-2H3. The minimum Gasteiger partial charge on any atom is -0.454 e. The Hall–Kier alpha value is -0.660. The van der Waals surface area contributed by atoms with Gasteiger partial charge in [-0.15, -0.1) is 0 Å². The SMILES string of the molecule is CCC(=O)OC1(c2ccccc2)CCP(C)(=S)CC1. The monoisotopic (exact) mass is 296 g/mol. The number of carbonyl (C=O) groups excluding carboxylic acids is 1. The molecule has 1 heterocycles. The number of ether oxygens (including phenoxy) is 1. The fourth-order valence-electron chi connectivity index (χ4n) is 2.55. The van der Waals surface area contributed by atoms with E-state index in [4.69, 9.17) is 16.5 Å². The van der Waals surface area contributed by atoms with Gasteiger partial charge in [0.15, 0.2) is 0 Å². The lowest BCUT2D eigenvalue weighted by atomic mass is 9.87. The maximum absolute atomic E-state index is 11.8. The third kappa shape index (κ3) is 3.46. The molecule has 1 fully saturated rings. The summed E-state index contributed by atoms with van der Waals surface area (Å²) >= 11 is 5.66. The molecule has 104 valence electrons. The van der Waals surface area contributed by atoms with Crippen LogP contribution in [0.3, 0.4) is 0 Å². The van der Waals surface area contributed by atoms with Gasteiger partial charge in [0.05, 0.1) is 0 Å². The van der Waals surface area contributed by atoms with Crippen LogP contribution >= 0.6 is 6.04 Å². The van der Waals surface area contributed by atoms with Gasteiger partial charge in [-0.1, -0.05) is 49.1 Å². The van der Waals surface area contributed by atoms with Crippen molar-refractivity contribution < 1.29 is 9.53 Å². The lowest BCUT2D eigenvalue weighted by Gasteiger charge is -2.40. The Kier molecular flexibility index (Phi) is 4.47. The second-order valence-electron chi connectivity index (χ2n) is 5.43. The Morgan fingerprint density at radius 2 is 1.89 bits per heavy atom. The van der Waals surface area contributed by atoms with Gasteiger partial charge in [-0.25, -0.2) is 0 Å². The molecule has 1 aromatic carbocycles. The van der Waals surface area contributed by atoms with Gasteiger partial charge in [0.2, 0.25) is 0 Å². The minimum absolute atomic E-state index is 0.116. The van der Waals surface area contributed by atoms with Gasteiger partial charge < -0.3 is 4.74 Å². The van der Waals surface area contributed by atoms with E-state index in [-0.39, 0.29) is 5.97 Å². The van der Waals surface area contributed by atoms with Crippen molar-refractivity contribution in [3.63, 3.8) is 0 Å². The lowest BCUT2D eigenvalue weighted by molar-refractivity contribution is -0.162. The smallest absolute Gasteiger partial charge is 0.306 e. The number of benzene rings is 1. The molecule has 0 amide bonds. The number of esters is 1. The van der Waals surface area contributed by atoms with Crippen molar-refractivity contribution in [2.45, 2.75) is 31.8 Å². The Morgan fingerprint density at radius 3 is 2.42 bits per heavy atom. The molecule has 0 bridgehead atoms. The third-order valence-electron chi connectivity index (χ3n) is 3.88. The second-order valence-corrected chi connectivity index (χ2v) is 11.6. The second kappa shape index (κ2) is 5.76. The first-order valence-corrected chi connectivity index (χ1v) is 10.4. The van der Waals surface area contributed by atoms with Crippen LogP contribution in [-0.4, -0.2) is 25.0 Å². The van der Waals surface area contributed by atoms with Crippen LogP contribution in [0.4, 0.5) is 0 Å². The quantitative estimate of drug-likeness (QED) is 0.628. The molecule has 1 aliphatic heterocycles. The molecule has 0 aromatic heterocycles. The van der Waals surface area contributed by atoms with E-state index in [0.29, 0.717) is 6.42 Å². The van der Waals surface area contributed by atoms with Crippen molar-refractivity contribution in [2.24, 2.45) is 0 Å². The van der Waals surface area contributed by atoms with Gasteiger partial charge in [-0.05, 0) is 43.4 Å². The molecular weight excluding hydrogens is 275 g/mol. The van der Waals surface area contributed by atoms with Gasteiger partial charge in [-0.2, -0.15) is 0 Å². The van der Waals surface area contributed by atoms with E-state index >= 15 is 0 Å². The molecule has 0 radical (unpaired) electrons. The fraction of sp³-hybridized carbons (Fsp3) is 0.533. The molecule has 1 saturated heterocycles. The Morgan fingerprint density at radius 1 is 1.32 bits per heavy atom. The summed E-state index contributed by atoms with van der Waals surface area (Å²) in [6.45, 7) is 4.06. The third-order valence-corrected chi connectivity index (χ3v) is 7.31. The predicted molar refractivity (Wildman–Crippen MR) is 83.7 cm³/mol. The highest BCUT2D eigenvalue weighted by molar-refractivity contribution is 8.14. The van der Waals surface area contributed by atoms with Crippen LogP contribution < -0.4 is 0 Å². The highest BCUT2D eigenvalue weighted by Crippen LogP contribution is 2.53. The molecule has 0 unspecified atom stereocenters. The summed E-state index contributed by atoms with van der Waals surface area (Å²) in [5, 5.41) is 0. The Labute approximate surface area is 120 Å². The predicted octanol–water partition coefficient (Wildman–Crippen LogP) is 3.74. The van der Waals surface area contributed by atoms with Gasteiger partial charge in [0.25, 0.3) is 0 Å². The molecule has 2 nitrogen and oxygen atoms in total. The average Bonchev–Trinajstić information content (AvgIpc) is 2.42. The first-order chi connectivity index (χ1) is 8.97. The van der Waals surface area contributed by atoms with Crippen molar-refractivity contribution in [3.05, 3.63) is 35.9 Å². The summed E-state index contributed by atoms with van der Waals surface area (Å²) in [5.74, 6) is -0.116. The average molecular weight is 296 g/mol.